The molecule has 0 radical (unpaired) electrons. The Balaban J connectivity index is 1.66. The summed E-state index contributed by atoms with van der Waals surface area (Å²) in [5.41, 5.74) is 0.712. The Bertz CT molecular complexity index is 1320. The average molecular weight is 547 g/mol. The van der Waals surface area contributed by atoms with Gasteiger partial charge in [0.05, 0.1) is 23.3 Å². The molecule has 1 atom stereocenters. The van der Waals surface area contributed by atoms with Gasteiger partial charge < -0.3 is 14.4 Å². The van der Waals surface area contributed by atoms with Gasteiger partial charge in [-0.05, 0) is 83.2 Å². The lowest BCUT2D eigenvalue weighted by Crippen LogP contribution is -2.48. The Morgan fingerprint density at radius 1 is 1.16 bits per heavy atom. The van der Waals surface area contributed by atoms with Gasteiger partial charge >= 0.3 is 0 Å². The van der Waals surface area contributed by atoms with Crippen LogP contribution in [0.25, 0.3) is 10.2 Å². The number of amides is 1. The molecule has 2 aromatic carbocycles. The van der Waals surface area contributed by atoms with Crippen LogP contribution in [0, 0.1) is 0 Å². The van der Waals surface area contributed by atoms with Crippen LogP contribution >= 0.6 is 11.3 Å². The SMILES string of the molecule is CCOc1cccc2sc(N(CCCN(C)C)C(=O)C3CCCN3S(=O)(=O)c3ccc(OC)cc3)nc12. The van der Waals surface area contributed by atoms with E-state index in [1.54, 1.807) is 17.0 Å². The summed E-state index contributed by atoms with van der Waals surface area (Å²) in [7, 11) is 1.64. The molecule has 1 aliphatic heterocycles. The molecule has 0 N–H and O–H groups in total. The van der Waals surface area contributed by atoms with Crippen molar-refractivity contribution in [3.8, 4) is 11.5 Å². The fourth-order valence-electron chi connectivity index (χ4n) is 4.48. The van der Waals surface area contributed by atoms with E-state index in [9.17, 15) is 13.2 Å². The number of hydrogen-bond acceptors (Lipinski definition) is 8. The molecule has 0 bridgehead atoms. The second-order valence-electron chi connectivity index (χ2n) is 9.13. The number of hydrogen-bond donors (Lipinski definition) is 0. The zero-order chi connectivity index (χ0) is 26.6. The topological polar surface area (TPSA) is 92.3 Å². The molecule has 1 fully saturated rings. The lowest BCUT2D eigenvalue weighted by molar-refractivity contribution is -0.121. The van der Waals surface area contributed by atoms with E-state index >= 15 is 0 Å². The molecule has 0 saturated carbocycles. The first-order valence-corrected chi connectivity index (χ1v) is 14.7. The van der Waals surface area contributed by atoms with Crippen molar-refractivity contribution < 1.29 is 22.7 Å². The molecule has 1 unspecified atom stereocenters. The normalized spacial score (nSPS) is 16.4. The van der Waals surface area contributed by atoms with Gasteiger partial charge in [0.2, 0.25) is 15.9 Å². The van der Waals surface area contributed by atoms with Crippen LogP contribution in [-0.2, 0) is 14.8 Å². The Hall–Kier alpha value is -2.73. The summed E-state index contributed by atoms with van der Waals surface area (Å²) < 4.78 is 40.3. The minimum atomic E-state index is -3.86. The maximum absolute atomic E-state index is 14.0. The number of para-hydroxylation sites is 1. The molecular weight excluding hydrogens is 512 g/mol. The largest absolute Gasteiger partial charge is 0.497 e. The fourth-order valence-corrected chi connectivity index (χ4v) is 7.15. The van der Waals surface area contributed by atoms with Crippen LogP contribution in [0.5, 0.6) is 11.5 Å². The van der Waals surface area contributed by atoms with Crippen LogP contribution < -0.4 is 14.4 Å². The van der Waals surface area contributed by atoms with E-state index in [1.165, 1.54) is 34.9 Å². The minimum absolute atomic E-state index is 0.147. The number of ether oxygens (including phenoxy) is 2. The first kappa shape index (κ1) is 27.3. The number of fused-ring (bicyclic) bond motifs is 1. The fraction of sp³-hybridized carbons (Fsp3) is 0.462. The summed E-state index contributed by atoms with van der Waals surface area (Å²) in [4.78, 5) is 22.7. The first-order chi connectivity index (χ1) is 17.8. The zero-order valence-electron chi connectivity index (χ0n) is 21.7. The second-order valence-corrected chi connectivity index (χ2v) is 12.0. The molecular formula is C26H34N4O5S2. The van der Waals surface area contributed by atoms with E-state index in [2.05, 4.69) is 4.90 Å². The van der Waals surface area contributed by atoms with Gasteiger partial charge in [-0.3, -0.25) is 9.69 Å². The summed E-state index contributed by atoms with van der Waals surface area (Å²) in [5, 5.41) is 0.555. The average Bonchev–Trinajstić information content (AvgIpc) is 3.55. The molecule has 1 saturated heterocycles. The van der Waals surface area contributed by atoms with Gasteiger partial charge in [0.15, 0.2) is 5.13 Å². The quantitative estimate of drug-likeness (QED) is 0.361. The molecule has 11 heteroatoms. The molecule has 4 rings (SSSR count). The van der Waals surface area contributed by atoms with Gasteiger partial charge in [-0.1, -0.05) is 17.4 Å². The Morgan fingerprint density at radius 3 is 2.59 bits per heavy atom. The number of carbonyl (C=O) groups is 1. The number of aromatic nitrogens is 1. The van der Waals surface area contributed by atoms with E-state index in [0.29, 0.717) is 54.7 Å². The summed E-state index contributed by atoms with van der Waals surface area (Å²) in [6.07, 6.45) is 1.81. The van der Waals surface area contributed by atoms with E-state index < -0.39 is 16.1 Å². The molecule has 200 valence electrons. The van der Waals surface area contributed by atoms with Crippen molar-refractivity contribution in [3.05, 3.63) is 42.5 Å². The van der Waals surface area contributed by atoms with Crippen LogP contribution in [0.2, 0.25) is 0 Å². The van der Waals surface area contributed by atoms with Gasteiger partial charge in [0.25, 0.3) is 0 Å². The monoisotopic (exact) mass is 546 g/mol. The van der Waals surface area contributed by atoms with Crippen molar-refractivity contribution in [2.75, 3.05) is 52.3 Å². The van der Waals surface area contributed by atoms with Crippen LogP contribution in [0.1, 0.15) is 26.2 Å². The number of thiazole rings is 1. The van der Waals surface area contributed by atoms with Crippen molar-refractivity contribution in [1.82, 2.24) is 14.2 Å². The van der Waals surface area contributed by atoms with Crippen LogP contribution in [-0.4, -0.2) is 82.0 Å². The maximum atomic E-state index is 14.0. The summed E-state index contributed by atoms with van der Waals surface area (Å²) in [6, 6.07) is 11.2. The van der Waals surface area contributed by atoms with E-state index in [-0.39, 0.29) is 10.8 Å². The highest BCUT2D eigenvalue weighted by Crippen LogP contribution is 2.36. The number of nitrogens with zero attached hydrogens (tertiary/aromatic N) is 4. The predicted molar refractivity (Wildman–Crippen MR) is 146 cm³/mol. The van der Waals surface area contributed by atoms with Crippen molar-refractivity contribution in [3.63, 3.8) is 0 Å². The highest BCUT2D eigenvalue weighted by molar-refractivity contribution is 7.89. The third-order valence-electron chi connectivity index (χ3n) is 6.31. The molecule has 3 aromatic rings. The van der Waals surface area contributed by atoms with E-state index in [4.69, 9.17) is 14.5 Å². The molecule has 0 spiro atoms. The summed E-state index contributed by atoms with van der Waals surface area (Å²) in [5.74, 6) is 1.00. The number of rotatable bonds is 11. The number of anilines is 1. The van der Waals surface area contributed by atoms with Crippen molar-refractivity contribution in [1.29, 1.82) is 0 Å². The van der Waals surface area contributed by atoms with E-state index in [0.717, 1.165) is 17.7 Å². The van der Waals surface area contributed by atoms with Gasteiger partial charge in [0, 0.05) is 13.1 Å². The highest BCUT2D eigenvalue weighted by atomic mass is 32.2. The Labute approximate surface area is 222 Å². The Morgan fingerprint density at radius 2 is 1.92 bits per heavy atom. The van der Waals surface area contributed by atoms with Crippen LogP contribution in [0.4, 0.5) is 5.13 Å². The Kier molecular flexibility index (Phi) is 8.68. The number of methoxy groups -OCH3 is 1. The van der Waals surface area contributed by atoms with Crippen molar-refractivity contribution >= 4 is 42.6 Å². The number of carbonyl (C=O) groups excluding carboxylic acids is 1. The lowest BCUT2D eigenvalue weighted by atomic mass is 10.2. The molecule has 1 aliphatic rings. The lowest BCUT2D eigenvalue weighted by Gasteiger charge is -2.29. The van der Waals surface area contributed by atoms with Crippen LogP contribution in [0.15, 0.2) is 47.4 Å². The zero-order valence-corrected chi connectivity index (χ0v) is 23.3. The molecule has 9 nitrogen and oxygen atoms in total. The van der Waals surface area contributed by atoms with E-state index in [1.807, 2.05) is 39.2 Å². The predicted octanol–water partition coefficient (Wildman–Crippen LogP) is 3.84. The minimum Gasteiger partial charge on any atom is -0.497 e. The van der Waals surface area contributed by atoms with Gasteiger partial charge in [-0.15, -0.1) is 0 Å². The van der Waals surface area contributed by atoms with Crippen LogP contribution in [0.3, 0.4) is 0 Å². The van der Waals surface area contributed by atoms with Gasteiger partial charge in [0.1, 0.15) is 23.1 Å². The number of sulfonamides is 1. The molecule has 0 aliphatic carbocycles. The maximum Gasteiger partial charge on any atom is 0.247 e. The van der Waals surface area contributed by atoms with Crippen molar-refractivity contribution in [2.45, 2.75) is 37.1 Å². The van der Waals surface area contributed by atoms with Gasteiger partial charge in [-0.2, -0.15) is 4.31 Å². The summed E-state index contributed by atoms with van der Waals surface area (Å²) in [6.45, 7) is 3.95. The molecule has 37 heavy (non-hydrogen) atoms. The highest BCUT2D eigenvalue weighted by Gasteiger charge is 2.42. The molecule has 1 amide bonds. The summed E-state index contributed by atoms with van der Waals surface area (Å²) >= 11 is 1.42. The molecule has 2 heterocycles. The smallest absolute Gasteiger partial charge is 0.247 e. The van der Waals surface area contributed by atoms with Crippen molar-refractivity contribution in [2.24, 2.45) is 0 Å². The number of benzene rings is 2. The molecule has 1 aromatic heterocycles. The van der Waals surface area contributed by atoms with Gasteiger partial charge in [-0.25, -0.2) is 13.4 Å². The third kappa shape index (κ3) is 5.90. The third-order valence-corrected chi connectivity index (χ3v) is 9.28. The first-order valence-electron chi connectivity index (χ1n) is 12.4. The second kappa shape index (κ2) is 11.8. The standard InChI is InChI=1S/C26H34N4O5S2/c1-5-35-22-10-6-11-23-24(22)27-26(36-23)29(17-8-16-28(2)3)25(31)21-9-7-18-30(21)37(32,33)20-14-12-19(34-4)13-15-20/h6,10-15,21H,5,7-9,16-18H2,1-4H3.